The van der Waals surface area contributed by atoms with E-state index in [0.29, 0.717) is 6.54 Å². The standard InChI is InChI=1S/C15H22N2O6S/c1-10(2)8-17-24(21,22)12-6-4-11(5-7-12)14(18)16-9-13(23-3)15(19)20/h4-7,10,13,17H,8-9H2,1-3H3,(H,16,18)(H,19,20). The quantitative estimate of drug-likeness (QED) is 0.589. The van der Waals surface area contributed by atoms with Crippen molar-refractivity contribution in [3.63, 3.8) is 0 Å². The molecular weight excluding hydrogens is 336 g/mol. The molecule has 0 aliphatic rings. The van der Waals surface area contributed by atoms with Gasteiger partial charge in [0, 0.05) is 19.2 Å². The molecule has 1 aromatic rings. The number of carboxylic acid groups (broad SMARTS) is 1. The van der Waals surface area contributed by atoms with Crippen LogP contribution in [-0.2, 0) is 19.6 Å². The highest BCUT2D eigenvalue weighted by Crippen LogP contribution is 2.11. The fourth-order valence-electron chi connectivity index (χ4n) is 1.70. The maximum absolute atomic E-state index is 12.1. The Morgan fingerprint density at radius 1 is 1.17 bits per heavy atom. The smallest absolute Gasteiger partial charge is 0.334 e. The molecule has 1 rings (SSSR count). The van der Waals surface area contributed by atoms with Crippen LogP contribution < -0.4 is 10.0 Å². The Bertz CT molecular complexity index is 670. The summed E-state index contributed by atoms with van der Waals surface area (Å²) in [4.78, 5) is 22.8. The number of aliphatic carboxylic acids is 1. The number of carboxylic acids is 1. The van der Waals surface area contributed by atoms with Crippen molar-refractivity contribution in [1.82, 2.24) is 10.0 Å². The molecule has 24 heavy (non-hydrogen) atoms. The van der Waals surface area contributed by atoms with Crippen molar-refractivity contribution in [1.29, 1.82) is 0 Å². The second-order valence-corrected chi connectivity index (χ2v) is 7.31. The Balaban J connectivity index is 2.73. The summed E-state index contributed by atoms with van der Waals surface area (Å²) < 4.78 is 31.3. The fourth-order valence-corrected chi connectivity index (χ4v) is 2.92. The Hall–Kier alpha value is -1.97. The van der Waals surface area contributed by atoms with Gasteiger partial charge in [-0.1, -0.05) is 13.8 Å². The zero-order chi connectivity index (χ0) is 18.3. The van der Waals surface area contributed by atoms with E-state index >= 15 is 0 Å². The van der Waals surface area contributed by atoms with Crippen LogP contribution in [-0.4, -0.2) is 51.7 Å². The van der Waals surface area contributed by atoms with Crippen molar-refractivity contribution in [3.05, 3.63) is 29.8 Å². The normalized spacial score (nSPS) is 12.8. The Morgan fingerprint density at radius 2 is 1.75 bits per heavy atom. The molecule has 1 unspecified atom stereocenters. The van der Waals surface area contributed by atoms with Gasteiger partial charge in [-0.25, -0.2) is 17.9 Å². The Morgan fingerprint density at radius 3 is 2.21 bits per heavy atom. The summed E-state index contributed by atoms with van der Waals surface area (Å²) in [6.45, 7) is 3.90. The number of methoxy groups -OCH3 is 1. The summed E-state index contributed by atoms with van der Waals surface area (Å²) >= 11 is 0. The third-order valence-corrected chi connectivity index (χ3v) is 4.56. The molecule has 134 valence electrons. The molecular formula is C15H22N2O6S. The summed E-state index contributed by atoms with van der Waals surface area (Å²) in [5.74, 6) is -1.53. The fraction of sp³-hybridized carbons (Fsp3) is 0.467. The first-order valence-corrected chi connectivity index (χ1v) is 8.79. The minimum absolute atomic E-state index is 0.0556. The maximum atomic E-state index is 12.1. The second-order valence-electron chi connectivity index (χ2n) is 5.54. The lowest BCUT2D eigenvalue weighted by Gasteiger charge is -2.12. The summed E-state index contributed by atoms with van der Waals surface area (Å²) in [6, 6.07) is 5.37. The first-order valence-electron chi connectivity index (χ1n) is 7.31. The van der Waals surface area contributed by atoms with Crippen LogP contribution in [0.5, 0.6) is 0 Å². The topological polar surface area (TPSA) is 122 Å². The van der Waals surface area contributed by atoms with E-state index in [1.807, 2.05) is 13.8 Å². The van der Waals surface area contributed by atoms with Crippen LogP contribution in [0.4, 0.5) is 0 Å². The molecule has 0 bridgehead atoms. The summed E-state index contributed by atoms with van der Waals surface area (Å²) in [6.07, 6.45) is -1.14. The van der Waals surface area contributed by atoms with E-state index in [1.165, 1.54) is 31.4 Å². The molecule has 8 nitrogen and oxygen atoms in total. The molecule has 1 atom stereocenters. The lowest BCUT2D eigenvalue weighted by atomic mass is 10.2. The number of carbonyl (C=O) groups excluding carboxylic acids is 1. The minimum Gasteiger partial charge on any atom is -0.479 e. The summed E-state index contributed by atoms with van der Waals surface area (Å²) in [5.41, 5.74) is 0.220. The number of hydrogen-bond donors (Lipinski definition) is 3. The SMILES string of the molecule is COC(CNC(=O)c1ccc(S(=O)(=O)NCC(C)C)cc1)C(=O)O. The van der Waals surface area contributed by atoms with Gasteiger partial charge in [-0.3, -0.25) is 4.79 Å². The lowest BCUT2D eigenvalue weighted by Crippen LogP contribution is -2.37. The van der Waals surface area contributed by atoms with Gasteiger partial charge in [0.1, 0.15) is 0 Å². The van der Waals surface area contributed by atoms with Gasteiger partial charge in [-0.15, -0.1) is 0 Å². The van der Waals surface area contributed by atoms with Crippen molar-refractivity contribution in [3.8, 4) is 0 Å². The average Bonchev–Trinajstić information content (AvgIpc) is 2.53. The second kappa shape index (κ2) is 8.76. The number of carbonyl (C=O) groups is 2. The van der Waals surface area contributed by atoms with Gasteiger partial charge in [-0.2, -0.15) is 0 Å². The van der Waals surface area contributed by atoms with E-state index in [2.05, 4.69) is 10.0 Å². The Labute approximate surface area is 141 Å². The van der Waals surface area contributed by atoms with Gasteiger partial charge in [0.05, 0.1) is 11.4 Å². The van der Waals surface area contributed by atoms with E-state index in [9.17, 15) is 18.0 Å². The highest BCUT2D eigenvalue weighted by Gasteiger charge is 2.18. The minimum atomic E-state index is -3.62. The first-order chi connectivity index (χ1) is 11.2. The van der Waals surface area contributed by atoms with Gasteiger partial charge >= 0.3 is 5.97 Å². The van der Waals surface area contributed by atoms with Gasteiger partial charge in [0.2, 0.25) is 10.0 Å². The van der Waals surface area contributed by atoms with E-state index in [0.717, 1.165) is 0 Å². The predicted octanol–water partition coefficient (Wildman–Crippen LogP) is 0.450. The Kier molecular flexibility index (Phi) is 7.33. The van der Waals surface area contributed by atoms with Crippen LogP contribution in [0.1, 0.15) is 24.2 Å². The van der Waals surface area contributed by atoms with E-state index in [4.69, 9.17) is 9.84 Å². The first kappa shape index (κ1) is 20.1. The van der Waals surface area contributed by atoms with Crippen molar-refractivity contribution in [2.45, 2.75) is 24.8 Å². The molecule has 0 heterocycles. The molecule has 0 spiro atoms. The van der Waals surface area contributed by atoms with E-state index < -0.39 is 28.0 Å². The van der Waals surface area contributed by atoms with Gasteiger partial charge in [0.25, 0.3) is 5.91 Å². The maximum Gasteiger partial charge on any atom is 0.334 e. The van der Waals surface area contributed by atoms with Gasteiger partial charge < -0.3 is 15.2 Å². The number of hydrogen-bond acceptors (Lipinski definition) is 5. The van der Waals surface area contributed by atoms with Crippen molar-refractivity contribution in [2.24, 2.45) is 5.92 Å². The molecule has 0 saturated heterocycles. The molecule has 0 radical (unpaired) electrons. The number of sulfonamides is 1. The number of amides is 1. The zero-order valence-corrected chi connectivity index (χ0v) is 14.6. The molecule has 1 aromatic carbocycles. The molecule has 0 aliphatic carbocycles. The van der Waals surface area contributed by atoms with Crippen LogP contribution in [0.2, 0.25) is 0 Å². The van der Waals surface area contributed by atoms with Crippen molar-refractivity contribution in [2.75, 3.05) is 20.2 Å². The largest absolute Gasteiger partial charge is 0.479 e. The third-order valence-electron chi connectivity index (χ3n) is 3.12. The van der Waals surface area contributed by atoms with E-state index in [-0.39, 0.29) is 22.9 Å². The number of nitrogens with one attached hydrogen (secondary N) is 2. The molecule has 1 amide bonds. The average molecular weight is 358 g/mol. The van der Waals surface area contributed by atoms with Crippen LogP contribution in [0.15, 0.2) is 29.2 Å². The van der Waals surface area contributed by atoms with Crippen molar-refractivity contribution < 1.29 is 27.9 Å². The monoisotopic (exact) mass is 358 g/mol. The van der Waals surface area contributed by atoms with Gasteiger partial charge in [-0.05, 0) is 30.2 Å². The molecule has 0 aliphatic heterocycles. The van der Waals surface area contributed by atoms with Crippen LogP contribution in [0.3, 0.4) is 0 Å². The summed E-state index contributed by atoms with van der Waals surface area (Å²) in [7, 11) is -2.39. The highest BCUT2D eigenvalue weighted by molar-refractivity contribution is 7.89. The van der Waals surface area contributed by atoms with Gasteiger partial charge in [0.15, 0.2) is 6.10 Å². The third kappa shape index (κ3) is 5.91. The number of rotatable bonds is 9. The summed E-state index contributed by atoms with van der Waals surface area (Å²) in [5, 5.41) is 11.2. The predicted molar refractivity (Wildman–Crippen MR) is 87.2 cm³/mol. The number of benzene rings is 1. The van der Waals surface area contributed by atoms with E-state index in [1.54, 1.807) is 0 Å². The van der Waals surface area contributed by atoms with Crippen LogP contribution >= 0.6 is 0 Å². The molecule has 9 heteroatoms. The molecule has 0 aromatic heterocycles. The molecule has 0 fully saturated rings. The van der Waals surface area contributed by atoms with Crippen LogP contribution in [0, 0.1) is 5.92 Å². The highest BCUT2D eigenvalue weighted by atomic mass is 32.2. The number of ether oxygens (including phenoxy) is 1. The van der Waals surface area contributed by atoms with Crippen molar-refractivity contribution >= 4 is 21.9 Å². The lowest BCUT2D eigenvalue weighted by molar-refractivity contribution is -0.148. The molecule has 3 N–H and O–H groups in total. The molecule has 0 saturated carbocycles. The van der Waals surface area contributed by atoms with Crippen LogP contribution in [0.25, 0.3) is 0 Å². The zero-order valence-electron chi connectivity index (χ0n) is 13.8.